The number of hydrogen-bond acceptors (Lipinski definition) is 3. The van der Waals surface area contributed by atoms with E-state index in [0.717, 1.165) is 24.8 Å². The van der Waals surface area contributed by atoms with E-state index in [9.17, 15) is 10.2 Å². The molecule has 3 unspecified atom stereocenters. The third kappa shape index (κ3) is 3.85. The van der Waals surface area contributed by atoms with Crippen molar-refractivity contribution in [1.82, 2.24) is 0 Å². The molecule has 0 aliphatic heterocycles. The second kappa shape index (κ2) is 7.13. The maximum absolute atomic E-state index is 10.9. The number of rotatable bonds is 4. The fourth-order valence-corrected chi connectivity index (χ4v) is 2.90. The van der Waals surface area contributed by atoms with Gasteiger partial charge in [0.15, 0.2) is 0 Å². The molecule has 4 N–H and O–H groups in total. The minimum atomic E-state index is -0.991. The molecule has 1 aromatic rings. The molecule has 0 spiro atoms. The van der Waals surface area contributed by atoms with Gasteiger partial charge in [0.25, 0.3) is 0 Å². The zero-order chi connectivity index (χ0) is 13.9. The number of phenols is 1. The lowest BCUT2D eigenvalue weighted by atomic mass is 9.71. The molecule has 1 saturated carbocycles. The largest absolute Gasteiger partial charge is 0.508 e. The average Bonchev–Trinajstić information content (AvgIpc) is 2.41. The van der Waals surface area contributed by atoms with Crippen LogP contribution in [0.5, 0.6) is 5.75 Å². The Morgan fingerprint density at radius 2 is 1.95 bits per heavy atom. The van der Waals surface area contributed by atoms with Crippen LogP contribution in [0, 0.1) is 0 Å². The minimum absolute atomic E-state index is 0. The third-order valence-corrected chi connectivity index (χ3v) is 3.88. The van der Waals surface area contributed by atoms with Crippen molar-refractivity contribution in [3.05, 3.63) is 29.8 Å². The predicted octanol–water partition coefficient (Wildman–Crippen LogP) is 2.94. The number of phenolic OH excluding ortho intramolecular Hbond substituents is 1. The second-order valence-corrected chi connectivity index (χ2v) is 5.16. The quantitative estimate of drug-likeness (QED) is 0.797. The highest BCUT2D eigenvalue weighted by Gasteiger charge is 2.37. The van der Waals surface area contributed by atoms with Gasteiger partial charge in [-0.25, -0.2) is 0 Å². The van der Waals surface area contributed by atoms with Gasteiger partial charge >= 0.3 is 0 Å². The third-order valence-electron chi connectivity index (χ3n) is 3.88. The van der Waals surface area contributed by atoms with E-state index in [1.54, 1.807) is 12.1 Å². The number of aliphatic hydroxyl groups is 1. The Bertz CT molecular complexity index is 415. The Labute approximate surface area is 122 Å². The summed E-state index contributed by atoms with van der Waals surface area (Å²) < 4.78 is 8.19. The van der Waals surface area contributed by atoms with E-state index in [4.69, 9.17) is 7.10 Å². The summed E-state index contributed by atoms with van der Waals surface area (Å²) in [6, 6.07) is 6.91. The molecule has 0 saturated heterocycles. The molecular formula is C15H24ClNO2. The van der Waals surface area contributed by atoms with Crippen LogP contribution in [0.2, 0.25) is 0 Å². The Morgan fingerprint density at radius 1 is 1.26 bits per heavy atom. The first-order chi connectivity index (χ1) is 9.08. The first-order valence-electron chi connectivity index (χ1n) is 7.29. The highest BCUT2D eigenvalue weighted by atomic mass is 35.5. The Morgan fingerprint density at radius 3 is 2.53 bits per heavy atom. The molecule has 0 bridgehead atoms. The van der Waals surface area contributed by atoms with Crippen molar-refractivity contribution in [2.45, 2.75) is 50.0 Å². The van der Waals surface area contributed by atoms with Gasteiger partial charge in [0.1, 0.15) is 5.75 Å². The standard InChI is InChI=1S/C15H23NO2.ClH/c16-11-8-14(12-4-6-13(17)7-5-12)15(18)9-2-1-3-10-15;/h4-7,14,17-18H,1-3,8-11,16H2;1H/i9D;. The molecule has 1 fully saturated rings. The van der Waals surface area contributed by atoms with Crippen LogP contribution in [0.25, 0.3) is 0 Å². The van der Waals surface area contributed by atoms with Crippen molar-refractivity contribution in [3.63, 3.8) is 0 Å². The molecule has 19 heavy (non-hydrogen) atoms. The molecule has 0 amide bonds. The van der Waals surface area contributed by atoms with Gasteiger partial charge in [-0.1, -0.05) is 31.4 Å². The lowest BCUT2D eigenvalue weighted by Gasteiger charge is -2.39. The Balaban J connectivity index is 0.00000200. The fourth-order valence-electron chi connectivity index (χ4n) is 2.90. The van der Waals surface area contributed by atoms with Crippen molar-refractivity contribution in [1.29, 1.82) is 0 Å². The van der Waals surface area contributed by atoms with Gasteiger partial charge in [-0.05, 0) is 43.5 Å². The van der Waals surface area contributed by atoms with Crippen LogP contribution in [0.3, 0.4) is 0 Å². The molecule has 1 aromatic carbocycles. The van der Waals surface area contributed by atoms with Crippen LogP contribution < -0.4 is 5.73 Å². The monoisotopic (exact) mass is 286 g/mol. The normalized spacial score (nSPS) is 29.2. The number of nitrogens with two attached hydrogens (primary N) is 1. The van der Waals surface area contributed by atoms with Gasteiger partial charge in [0, 0.05) is 7.29 Å². The van der Waals surface area contributed by atoms with Crippen LogP contribution in [-0.4, -0.2) is 22.4 Å². The lowest BCUT2D eigenvalue weighted by molar-refractivity contribution is -0.0235. The van der Waals surface area contributed by atoms with E-state index in [1.807, 2.05) is 12.1 Å². The molecule has 2 rings (SSSR count). The molecule has 1 aliphatic rings. The van der Waals surface area contributed by atoms with Crippen molar-refractivity contribution < 1.29 is 11.6 Å². The van der Waals surface area contributed by atoms with E-state index >= 15 is 0 Å². The fraction of sp³-hybridized carbons (Fsp3) is 0.600. The smallest absolute Gasteiger partial charge is 0.115 e. The maximum Gasteiger partial charge on any atom is 0.115 e. The summed E-state index contributed by atoms with van der Waals surface area (Å²) in [6.45, 7) is 0.487. The predicted molar refractivity (Wildman–Crippen MR) is 79.8 cm³/mol. The minimum Gasteiger partial charge on any atom is -0.508 e. The summed E-state index contributed by atoms with van der Waals surface area (Å²) >= 11 is 0. The van der Waals surface area contributed by atoms with E-state index in [0.29, 0.717) is 19.4 Å². The SMILES string of the molecule is Cl.[2H]C1CCCCC1(O)C(CCN)c1ccc(O)cc1. The number of benzene rings is 1. The molecule has 108 valence electrons. The topological polar surface area (TPSA) is 66.5 Å². The van der Waals surface area contributed by atoms with Crippen LogP contribution in [0.15, 0.2) is 24.3 Å². The Kier molecular flexibility index (Phi) is 5.49. The summed E-state index contributed by atoms with van der Waals surface area (Å²) in [5, 5.41) is 20.3. The maximum atomic E-state index is 10.9. The summed E-state index contributed by atoms with van der Waals surface area (Å²) in [5.74, 6) is 0.0919. The van der Waals surface area contributed by atoms with Crippen LogP contribution in [-0.2, 0) is 0 Å². The first kappa shape index (κ1) is 14.6. The van der Waals surface area contributed by atoms with Crippen molar-refractivity contribution in [3.8, 4) is 5.75 Å². The van der Waals surface area contributed by atoms with Crippen molar-refractivity contribution >= 4 is 12.4 Å². The number of halogens is 1. The molecule has 0 heterocycles. The zero-order valence-corrected chi connectivity index (χ0v) is 11.9. The molecular weight excluding hydrogens is 262 g/mol. The summed E-state index contributed by atoms with van der Waals surface area (Å²) in [4.78, 5) is 0. The number of hydrogen-bond donors (Lipinski definition) is 3. The van der Waals surface area contributed by atoms with Crippen LogP contribution in [0.1, 0.15) is 51.4 Å². The molecule has 0 aromatic heterocycles. The summed E-state index contributed by atoms with van der Waals surface area (Å²) in [6.07, 6.45) is 3.59. The highest BCUT2D eigenvalue weighted by Crippen LogP contribution is 2.41. The average molecular weight is 287 g/mol. The highest BCUT2D eigenvalue weighted by molar-refractivity contribution is 5.85. The van der Waals surface area contributed by atoms with E-state index in [2.05, 4.69) is 0 Å². The van der Waals surface area contributed by atoms with Gasteiger partial charge in [0.05, 0.1) is 5.60 Å². The van der Waals surface area contributed by atoms with Gasteiger partial charge in [-0.3, -0.25) is 0 Å². The van der Waals surface area contributed by atoms with Gasteiger partial charge in [-0.15, -0.1) is 12.4 Å². The lowest BCUT2D eigenvalue weighted by Crippen LogP contribution is -2.39. The van der Waals surface area contributed by atoms with E-state index in [1.165, 1.54) is 0 Å². The molecule has 0 radical (unpaired) electrons. The first-order valence-corrected chi connectivity index (χ1v) is 6.71. The summed E-state index contributed by atoms with van der Waals surface area (Å²) in [5.41, 5.74) is 5.66. The van der Waals surface area contributed by atoms with E-state index in [-0.39, 0.29) is 24.1 Å². The Hall–Kier alpha value is -0.770. The molecule has 4 heteroatoms. The van der Waals surface area contributed by atoms with Crippen LogP contribution >= 0.6 is 12.4 Å². The second-order valence-electron chi connectivity index (χ2n) is 5.16. The van der Waals surface area contributed by atoms with Crippen molar-refractivity contribution in [2.75, 3.05) is 6.54 Å². The van der Waals surface area contributed by atoms with Gasteiger partial charge in [-0.2, -0.15) is 0 Å². The zero-order valence-electron chi connectivity index (χ0n) is 12.1. The van der Waals surface area contributed by atoms with E-state index < -0.39 is 12.0 Å². The van der Waals surface area contributed by atoms with Gasteiger partial charge in [0.2, 0.25) is 0 Å². The van der Waals surface area contributed by atoms with Crippen LogP contribution in [0.4, 0.5) is 0 Å². The van der Waals surface area contributed by atoms with Crippen molar-refractivity contribution in [2.24, 2.45) is 5.73 Å². The number of aromatic hydroxyl groups is 1. The molecule has 1 aliphatic carbocycles. The molecule has 3 atom stereocenters. The summed E-state index contributed by atoms with van der Waals surface area (Å²) in [7, 11) is 0. The van der Waals surface area contributed by atoms with Gasteiger partial charge < -0.3 is 15.9 Å². The molecule has 3 nitrogen and oxygen atoms in total.